The molecule has 0 unspecified atom stereocenters. The quantitative estimate of drug-likeness (QED) is 0.635. The summed E-state index contributed by atoms with van der Waals surface area (Å²) in [7, 11) is 0. The van der Waals surface area contributed by atoms with Crippen molar-refractivity contribution in [3.63, 3.8) is 0 Å². The van der Waals surface area contributed by atoms with Crippen LogP contribution in [0, 0.1) is 0 Å². The van der Waals surface area contributed by atoms with E-state index in [9.17, 15) is 9.59 Å². The zero-order valence-electron chi connectivity index (χ0n) is 12.6. The highest BCUT2D eigenvalue weighted by Gasteiger charge is 2.12. The van der Waals surface area contributed by atoms with Crippen LogP contribution in [0.3, 0.4) is 0 Å². The minimum Gasteiger partial charge on any atom is -0.489 e. The molecule has 0 bridgehead atoms. The molecule has 0 saturated heterocycles. The first-order chi connectivity index (χ1) is 11.2. The maximum absolute atomic E-state index is 12.2. The van der Waals surface area contributed by atoms with E-state index < -0.39 is 5.91 Å². The Morgan fingerprint density at radius 3 is 2.43 bits per heavy atom. The molecule has 2 aromatic rings. The maximum Gasteiger partial charge on any atom is 0.273 e. The van der Waals surface area contributed by atoms with Crippen LogP contribution in [0.5, 0.6) is 5.75 Å². The summed E-state index contributed by atoms with van der Waals surface area (Å²) in [4.78, 5) is 24.0. The summed E-state index contributed by atoms with van der Waals surface area (Å²) in [5.41, 5.74) is 6.00. The molecule has 0 radical (unpaired) electrons. The third-order valence-corrected chi connectivity index (χ3v) is 3.01. The monoisotopic (exact) mass is 310 g/mol. The fourth-order valence-electron chi connectivity index (χ4n) is 1.95. The van der Waals surface area contributed by atoms with E-state index in [-0.39, 0.29) is 12.3 Å². The van der Waals surface area contributed by atoms with Gasteiger partial charge in [0.25, 0.3) is 5.91 Å². The predicted octanol–water partition coefficient (Wildman–Crippen LogP) is 2.26. The number of hydrogen-bond donors (Lipinski definition) is 2. The molecule has 23 heavy (non-hydrogen) atoms. The van der Waals surface area contributed by atoms with Crippen LogP contribution in [-0.4, -0.2) is 18.4 Å². The molecule has 0 fully saturated rings. The van der Waals surface area contributed by atoms with Gasteiger partial charge in [0, 0.05) is 0 Å². The molecule has 5 heteroatoms. The third kappa shape index (κ3) is 5.00. The van der Waals surface area contributed by atoms with Crippen LogP contribution in [0.25, 0.3) is 0 Å². The van der Waals surface area contributed by atoms with Gasteiger partial charge in [-0.25, -0.2) is 0 Å². The van der Waals surface area contributed by atoms with Crippen molar-refractivity contribution in [1.82, 2.24) is 10.9 Å². The van der Waals surface area contributed by atoms with Crippen LogP contribution >= 0.6 is 0 Å². The van der Waals surface area contributed by atoms with Gasteiger partial charge < -0.3 is 4.74 Å². The van der Waals surface area contributed by atoms with Gasteiger partial charge in [0.15, 0.2) is 0 Å². The average molecular weight is 310 g/mol. The summed E-state index contributed by atoms with van der Waals surface area (Å²) in [6, 6.07) is 16.1. The zero-order chi connectivity index (χ0) is 16.5. The summed E-state index contributed by atoms with van der Waals surface area (Å²) in [6.45, 7) is 3.86. The molecule has 2 amide bonds. The van der Waals surface area contributed by atoms with Crippen LogP contribution in [-0.2, 0) is 11.2 Å². The first-order valence-electron chi connectivity index (χ1n) is 7.16. The number of rotatable bonds is 6. The van der Waals surface area contributed by atoms with Gasteiger partial charge in [-0.3, -0.25) is 20.4 Å². The van der Waals surface area contributed by atoms with Crippen molar-refractivity contribution < 1.29 is 14.3 Å². The molecular weight excluding hydrogens is 292 g/mol. The SMILES string of the molecule is C=CCOc1ccccc1C(=O)NNC(=O)Cc1ccccc1. The second kappa shape index (κ2) is 8.38. The Morgan fingerprint density at radius 2 is 1.70 bits per heavy atom. The normalized spacial score (nSPS) is 9.74. The molecule has 2 N–H and O–H groups in total. The number of nitrogens with one attached hydrogen (secondary N) is 2. The van der Waals surface area contributed by atoms with E-state index in [1.54, 1.807) is 30.3 Å². The van der Waals surface area contributed by atoms with Crippen LogP contribution < -0.4 is 15.6 Å². The van der Waals surface area contributed by atoms with Crippen LogP contribution in [0.4, 0.5) is 0 Å². The van der Waals surface area contributed by atoms with Crippen LogP contribution in [0.1, 0.15) is 15.9 Å². The molecule has 118 valence electrons. The number of hydrazine groups is 1. The van der Waals surface area contributed by atoms with Gasteiger partial charge >= 0.3 is 0 Å². The van der Waals surface area contributed by atoms with Gasteiger partial charge in [-0.15, -0.1) is 0 Å². The highest BCUT2D eigenvalue weighted by Crippen LogP contribution is 2.17. The van der Waals surface area contributed by atoms with Crippen molar-refractivity contribution in [3.05, 3.63) is 78.4 Å². The van der Waals surface area contributed by atoms with Gasteiger partial charge in [-0.2, -0.15) is 0 Å². The second-order valence-electron chi connectivity index (χ2n) is 4.76. The van der Waals surface area contributed by atoms with Crippen LogP contribution in [0.15, 0.2) is 67.3 Å². The summed E-state index contributed by atoms with van der Waals surface area (Å²) in [5.74, 6) is -0.303. The van der Waals surface area contributed by atoms with E-state index in [0.717, 1.165) is 5.56 Å². The third-order valence-electron chi connectivity index (χ3n) is 3.01. The lowest BCUT2D eigenvalue weighted by molar-refractivity contribution is -0.121. The molecule has 0 aromatic heterocycles. The van der Waals surface area contributed by atoms with E-state index in [1.165, 1.54) is 0 Å². The van der Waals surface area contributed by atoms with Crippen molar-refractivity contribution in [1.29, 1.82) is 0 Å². The highest BCUT2D eigenvalue weighted by molar-refractivity contribution is 5.97. The van der Waals surface area contributed by atoms with Gasteiger partial charge in [0.2, 0.25) is 5.91 Å². The van der Waals surface area contributed by atoms with E-state index in [1.807, 2.05) is 30.3 Å². The Hall–Kier alpha value is -3.08. The standard InChI is InChI=1S/C18H18N2O3/c1-2-12-23-16-11-7-6-10-15(16)18(22)20-19-17(21)13-14-8-4-3-5-9-14/h2-11H,1,12-13H2,(H,19,21)(H,20,22). The van der Waals surface area contributed by atoms with Gasteiger partial charge in [0.1, 0.15) is 12.4 Å². The lowest BCUT2D eigenvalue weighted by Crippen LogP contribution is -2.42. The average Bonchev–Trinajstić information content (AvgIpc) is 2.59. The van der Waals surface area contributed by atoms with Crippen molar-refractivity contribution >= 4 is 11.8 Å². The fraction of sp³-hybridized carbons (Fsp3) is 0.111. The minimum atomic E-state index is -0.439. The molecule has 0 aliphatic heterocycles. The Labute approximate surface area is 134 Å². The molecule has 2 aromatic carbocycles. The summed E-state index contributed by atoms with van der Waals surface area (Å²) in [5, 5.41) is 0. The summed E-state index contributed by atoms with van der Waals surface area (Å²) in [6.07, 6.45) is 1.78. The summed E-state index contributed by atoms with van der Waals surface area (Å²) >= 11 is 0. The Balaban J connectivity index is 1.92. The van der Waals surface area contributed by atoms with E-state index in [2.05, 4.69) is 17.4 Å². The van der Waals surface area contributed by atoms with E-state index in [4.69, 9.17) is 4.74 Å². The first-order valence-corrected chi connectivity index (χ1v) is 7.16. The molecular formula is C18H18N2O3. The zero-order valence-corrected chi connectivity index (χ0v) is 12.6. The minimum absolute atomic E-state index is 0.190. The molecule has 0 saturated carbocycles. The van der Waals surface area contributed by atoms with Crippen molar-refractivity contribution in [3.8, 4) is 5.75 Å². The Morgan fingerprint density at radius 1 is 1.00 bits per heavy atom. The Bertz CT molecular complexity index is 684. The lowest BCUT2D eigenvalue weighted by Gasteiger charge is -2.11. The molecule has 0 spiro atoms. The predicted molar refractivity (Wildman–Crippen MR) is 87.9 cm³/mol. The smallest absolute Gasteiger partial charge is 0.273 e. The second-order valence-corrected chi connectivity index (χ2v) is 4.76. The number of ether oxygens (including phenoxy) is 1. The van der Waals surface area contributed by atoms with Gasteiger partial charge in [-0.1, -0.05) is 55.1 Å². The van der Waals surface area contributed by atoms with Crippen LogP contribution in [0.2, 0.25) is 0 Å². The molecule has 0 aliphatic carbocycles. The summed E-state index contributed by atoms with van der Waals surface area (Å²) < 4.78 is 5.42. The molecule has 0 atom stereocenters. The Kier molecular flexibility index (Phi) is 5.94. The van der Waals surface area contributed by atoms with Gasteiger partial charge in [-0.05, 0) is 17.7 Å². The molecule has 0 heterocycles. The van der Waals surface area contributed by atoms with E-state index >= 15 is 0 Å². The number of para-hydroxylation sites is 1. The molecule has 0 aliphatic rings. The van der Waals surface area contributed by atoms with E-state index in [0.29, 0.717) is 17.9 Å². The largest absolute Gasteiger partial charge is 0.489 e. The fourth-order valence-corrected chi connectivity index (χ4v) is 1.95. The number of carbonyl (C=O) groups excluding carboxylic acids is 2. The maximum atomic E-state index is 12.2. The van der Waals surface area contributed by atoms with Gasteiger partial charge in [0.05, 0.1) is 12.0 Å². The van der Waals surface area contributed by atoms with Crippen molar-refractivity contribution in [2.45, 2.75) is 6.42 Å². The number of amides is 2. The number of benzene rings is 2. The van der Waals surface area contributed by atoms with Crippen molar-refractivity contribution in [2.24, 2.45) is 0 Å². The highest BCUT2D eigenvalue weighted by atomic mass is 16.5. The number of carbonyl (C=O) groups is 2. The van der Waals surface area contributed by atoms with Crippen molar-refractivity contribution in [2.75, 3.05) is 6.61 Å². The molecule has 5 nitrogen and oxygen atoms in total. The first kappa shape index (κ1) is 16.3. The molecule has 2 rings (SSSR count). The lowest BCUT2D eigenvalue weighted by atomic mass is 10.1. The topological polar surface area (TPSA) is 67.4 Å². The number of hydrogen-bond acceptors (Lipinski definition) is 3.